The van der Waals surface area contributed by atoms with Crippen molar-refractivity contribution >= 4 is 5.91 Å². The number of pyridine rings is 1. The number of nitrogens with zero attached hydrogens (tertiary/aromatic N) is 4. The van der Waals surface area contributed by atoms with Crippen molar-refractivity contribution in [3.8, 4) is 0 Å². The Balaban J connectivity index is 2.12. The Morgan fingerprint density at radius 3 is 2.90 bits per heavy atom. The summed E-state index contributed by atoms with van der Waals surface area (Å²) in [5.41, 5.74) is 6.99. The van der Waals surface area contributed by atoms with Gasteiger partial charge in [0.1, 0.15) is 5.69 Å². The molecule has 106 valence electrons. The molecule has 0 bridgehead atoms. The molecule has 0 aliphatic heterocycles. The van der Waals surface area contributed by atoms with E-state index in [1.807, 2.05) is 12.1 Å². The van der Waals surface area contributed by atoms with Gasteiger partial charge in [0.05, 0.1) is 0 Å². The zero-order chi connectivity index (χ0) is 14.4. The second-order valence-electron chi connectivity index (χ2n) is 4.60. The number of hydrogen-bond donors (Lipinski definition) is 1. The molecule has 0 atom stereocenters. The second-order valence-corrected chi connectivity index (χ2v) is 4.60. The van der Waals surface area contributed by atoms with Crippen LogP contribution in [0, 0.1) is 0 Å². The average molecular weight is 273 g/mol. The van der Waals surface area contributed by atoms with E-state index in [0.29, 0.717) is 25.3 Å². The van der Waals surface area contributed by atoms with Crippen molar-refractivity contribution < 1.29 is 4.79 Å². The fourth-order valence-corrected chi connectivity index (χ4v) is 1.94. The van der Waals surface area contributed by atoms with E-state index in [0.717, 1.165) is 12.0 Å². The lowest BCUT2D eigenvalue weighted by Crippen LogP contribution is -2.33. The van der Waals surface area contributed by atoms with Gasteiger partial charge in [-0.3, -0.25) is 14.5 Å². The molecular weight excluding hydrogens is 254 g/mol. The summed E-state index contributed by atoms with van der Waals surface area (Å²) in [5, 5.41) is 4.16. The van der Waals surface area contributed by atoms with Crippen molar-refractivity contribution in [3.63, 3.8) is 0 Å². The third-order valence-corrected chi connectivity index (χ3v) is 2.95. The number of nitrogens with two attached hydrogens (primary N) is 1. The predicted molar refractivity (Wildman–Crippen MR) is 75.9 cm³/mol. The van der Waals surface area contributed by atoms with Crippen molar-refractivity contribution in [1.82, 2.24) is 19.7 Å². The van der Waals surface area contributed by atoms with Gasteiger partial charge >= 0.3 is 0 Å². The molecule has 2 N–H and O–H groups in total. The van der Waals surface area contributed by atoms with Gasteiger partial charge < -0.3 is 10.6 Å². The first-order valence-electron chi connectivity index (χ1n) is 6.58. The van der Waals surface area contributed by atoms with Gasteiger partial charge in [0.15, 0.2) is 0 Å². The summed E-state index contributed by atoms with van der Waals surface area (Å²) in [6.45, 7) is 1.68. The highest BCUT2D eigenvalue weighted by Gasteiger charge is 2.18. The Hall–Kier alpha value is -2.21. The van der Waals surface area contributed by atoms with Gasteiger partial charge in [-0.2, -0.15) is 5.10 Å². The van der Waals surface area contributed by atoms with E-state index in [1.54, 1.807) is 41.3 Å². The molecule has 0 spiro atoms. The normalized spacial score (nSPS) is 10.5. The van der Waals surface area contributed by atoms with Gasteiger partial charge in [-0.15, -0.1) is 0 Å². The lowest BCUT2D eigenvalue weighted by Gasteiger charge is -2.21. The molecule has 1 amide bonds. The molecule has 0 saturated carbocycles. The maximum atomic E-state index is 12.5. The zero-order valence-electron chi connectivity index (χ0n) is 11.6. The Bertz CT molecular complexity index is 552. The number of hydrogen-bond acceptors (Lipinski definition) is 4. The molecule has 0 fully saturated rings. The second kappa shape index (κ2) is 6.81. The van der Waals surface area contributed by atoms with E-state index in [4.69, 9.17) is 5.73 Å². The summed E-state index contributed by atoms with van der Waals surface area (Å²) in [6.07, 6.45) is 6.01. The van der Waals surface area contributed by atoms with Crippen molar-refractivity contribution in [2.24, 2.45) is 12.8 Å². The van der Waals surface area contributed by atoms with Gasteiger partial charge in [0.2, 0.25) is 0 Å². The molecule has 0 aromatic carbocycles. The lowest BCUT2D eigenvalue weighted by atomic mass is 10.2. The average Bonchev–Trinajstić information content (AvgIpc) is 2.90. The Kier molecular flexibility index (Phi) is 4.84. The first kappa shape index (κ1) is 14.2. The number of amides is 1. The molecule has 0 aliphatic carbocycles. The van der Waals surface area contributed by atoms with Gasteiger partial charge in [-0.25, -0.2) is 0 Å². The minimum atomic E-state index is -0.0806. The molecule has 6 nitrogen and oxygen atoms in total. The summed E-state index contributed by atoms with van der Waals surface area (Å²) in [7, 11) is 1.79. The molecule has 2 aromatic heterocycles. The molecule has 0 aliphatic rings. The van der Waals surface area contributed by atoms with E-state index >= 15 is 0 Å². The van der Waals surface area contributed by atoms with E-state index in [2.05, 4.69) is 10.1 Å². The molecule has 0 unspecified atom stereocenters. The van der Waals surface area contributed by atoms with Gasteiger partial charge in [-0.1, -0.05) is 6.07 Å². The van der Waals surface area contributed by atoms with Crippen LogP contribution in [-0.4, -0.2) is 38.7 Å². The van der Waals surface area contributed by atoms with E-state index in [9.17, 15) is 4.79 Å². The van der Waals surface area contributed by atoms with E-state index in [-0.39, 0.29) is 5.91 Å². The lowest BCUT2D eigenvalue weighted by molar-refractivity contribution is 0.0735. The number of aryl methyl sites for hydroxylation is 1. The third kappa shape index (κ3) is 3.64. The molecule has 0 radical (unpaired) electrons. The quantitative estimate of drug-likeness (QED) is 0.844. The highest BCUT2D eigenvalue weighted by atomic mass is 16.2. The summed E-state index contributed by atoms with van der Waals surface area (Å²) < 4.78 is 1.62. The Morgan fingerprint density at radius 1 is 1.45 bits per heavy atom. The monoisotopic (exact) mass is 273 g/mol. The van der Waals surface area contributed by atoms with Crippen LogP contribution in [0.25, 0.3) is 0 Å². The Labute approximate surface area is 118 Å². The first-order valence-corrected chi connectivity index (χ1v) is 6.58. The summed E-state index contributed by atoms with van der Waals surface area (Å²) in [5.74, 6) is -0.0806. The molecule has 0 saturated heterocycles. The molecule has 2 aromatic rings. The smallest absolute Gasteiger partial charge is 0.274 e. The van der Waals surface area contributed by atoms with Crippen LogP contribution in [0.5, 0.6) is 0 Å². The van der Waals surface area contributed by atoms with Crippen LogP contribution in [0.4, 0.5) is 0 Å². The number of rotatable bonds is 6. The predicted octanol–water partition coefficient (Wildman–Crippen LogP) is 0.806. The SMILES string of the molecule is Cn1ccc(C(=O)N(CCCN)Cc2cccnc2)n1. The van der Waals surface area contributed by atoms with Gasteiger partial charge in [0.25, 0.3) is 5.91 Å². The van der Waals surface area contributed by atoms with Crippen LogP contribution in [0.1, 0.15) is 22.5 Å². The van der Waals surface area contributed by atoms with Crippen LogP contribution in [0.15, 0.2) is 36.8 Å². The molecule has 2 rings (SSSR count). The highest BCUT2D eigenvalue weighted by Crippen LogP contribution is 2.08. The van der Waals surface area contributed by atoms with Crippen LogP contribution in [0.2, 0.25) is 0 Å². The molecule has 20 heavy (non-hydrogen) atoms. The minimum absolute atomic E-state index is 0.0806. The fraction of sp³-hybridized carbons (Fsp3) is 0.357. The summed E-state index contributed by atoms with van der Waals surface area (Å²) in [6, 6.07) is 5.54. The fourth-order valence-electron chi connectivity index (χ4n) is 1.94. The van der Waals surface area contributed by atoms with Gasteiger partial charge in [0, 0.05) is 38.7 Å². The Morgan fingerprint density at radius 2 is 2.30 bits per heavy atom. The highest BCUT2D eigenvalue weighted by molar-refractivity contribution is 5.92. The number of aromatic nitrogens is 3. The van der Waals surface area contributed by atoms with Crippen LogP contribution in [-0.2, 0) is 13.6 Å². The van der Waals surface area contributed by atoms with Gasteiger partial charge in [-0.05, 0) is 30.7 Å². The molecule has 2 heterocycles. The van der Waals surface area contributed by atoms with E-state index in [1.165, 1.54) is 0 Å². The van der Waals surface area contributed by atoms with Crippen molar-refractivity contribution in [2.75, 3.05) is 13.1 Å². The summed E-state index contributed by atoms with van der Waals surface area (Å²) >= 11 is 0. The van der Waals surface area contributed by atoms with Crippen LogP contribution >= 0.6 is 0 Å². The van der Waals surface area contributed by atoms with Crippen molar-refractivity contribution in [1.29, 1.82) is 0 Å². The maximum Gasteiger partial charge on any atom is 0.274 e. The van der Waals surface area contributed by atoms with Crippen LogP contribution in [0.3, 0.4) is 0 Å². The number of carbonyl (C=O) groups is 1. The standard InChI is InChI=1S/C14H19N5O/c1-18-9-5-13(17-18)14(20)19(8-3-6-15)11-12-4-2-7-16-10-12/h2,4-5,7,9-10H,3,6,8,11,15H2,1H3. The van der Waals surface area contributed by atoms with Crippen molar-refractivity contribution in [2.45, 2.75) is 13.0 Å². The zero-order valence-corrected chi connectivity index (χ0v) is 11.6. The maximum absolute atomic E-state index is 12.5. The molecular formula is C14H19N5O. The first-order chi connectivity index (χ1) is 9.70. The minimum Gasteiger partial charge on any atom is -0.333 e. The number of carbonyl (C=O) groups excluding carboxylic acids is 1. The summed E-state index contributed by atoms with van der Waals surface area (Å²) in [4.78, 5) is 18.3. The molecule has 6 heteroatoms. The third-order valence-electron chi connectivity index (χ3n) is 2.95. The van der Waals surface area contributed by atoms with Crippen LogP contribution < -0.4 is 5.73 Å². The topological polar surface area (TPSA) is 77.0 Å². The van der Waals surface area contributed by atoms with Crippen molar-refractivity contribution in [3.05, 3.63) is 48.0 Å². The largest absolute Gasteiger partial charge is 0.333 e. The van der Waals surface area contributed by atoms with E-state index < -0.39 is 0 Å².